The first-order valence-electron chi connectivity index (χ1n) is 16.9. The quantitative estimate of drug-likeness (QED) is 0.181. The van der Waals surface area contributed by atoms with Crippen molar-refractivity contribution in [2.75, 3.05) is 7.11 Å². The third-order valence-corrected chi connectivity index (χ3v) is 12.9. The van der Waals surface area contributed by atoms with Gasteiger partial charge in [0, 0.05) is 12.5 Å². The minimum atomic E-state index is -0.299. The first-order chi connectivity index (χ1) is 20.0. The van der Waals surface area contributed by atoms with E-state index < -0.39 is 0 Å². The van der Waals surface area contributed by atoms with Crippen LogP contribution >= 0.6 is 0 Å². The normalized spacial score (nSPS) is 35.6. The van der Waals surface area contributed by atoms with E-state index in [1.54, 1.807) is 29.8 Å². The Morgan fingerprint density at radius 2 is 1.83 bits per heavy atom. The van der Waals surface area contributed by atoms with Gasteiger partial charge in [0.15, 0.2) is 11.5 Å². The van der Waals surface area contributed by atoms with E-state index in [2.05, 4.69) is 47.6 Å². The second-order valence-corrected chi connectivity index (χ2v) is 15.3. The zero-order chi connectivity index (χ0) is 30.2. The van der Waals surface area contributed by atoms with Crippen LogP contribution in [0.4, 0.5) is 0 Å². The van der Waals surface area contributed by atoms with E-state index in [4.69, 9.17) is 9.47 Å². The molecular weight excluding hydrogens is 520 g/mol. The number of methoxy groups -OCH3 is 1. The van der Waals surface area contributed by atoms with Crippen LogP contribution in [-0.2, 0) is 9.53 Å². The fourth-order valence-electron chi connectivity index (χ4n) is 9.93. The molecule has 0 bridgehead atoms. The number of fused-ring (bicyclic) bond motifs is 5. The van der Waals surface area contributed by atoms with Gasteiger partial charge in [-0.25, -0.2) is 4.79 Å². The number of allylic oxidation sites excluding steroid dienone is 1. The van der Waals surface area contributed by atoms with E-state index in [1.807, 2.05) is 0 Å². The van der Waals surface area contributed by atoms with Crippen LogP contribution in [0.3, 0.4) is 0 Å². The van der Waals surface area contributed by atoms with Crippen molar-refractivity contribution in [2.24, 2.45) is 52.3 Å². The smallest absolute Gasteiger partial charge is 0.331 e. The molecular formula is C38H56O4. The first-order valence-corrected chi connectivity index (χ1v) is 16.9. The van der Waals surface area contributed by atoms with Gasteiger partial charge in [0.2, 0.25) is 0 Å². The summed E-state index contributed by atoms with van der Waals surface area (Å²) < 4.78 is 11.1. The third kappa shape index (κ3) is 5.93. The molecule has 4 aliphatic rings. The lowest BCUT2D eigenvalue weighted by Crippen LogP contribution is -2.51. The second-order valence-electron chi connectivity index (χ2n) is 15.3. The van der Waals surface area contributed by atoms with Gasteiger partial charge in [0.1, 0.15) is 6.10 Å². The molecule has 0 spiro atoms. The fraction of sp³-hybridized carbons (Fsp3) is 0.711. The van der Waals surface area contributed by atoms with Gasteiger partial charge in [0.05, 0.1) is 7.11 Å². The zero-order valence-electron chi connectivity index (χ0n) is 27.3. The van der Waals surface area contributed by atoms with Crippen LogP contribution < -0.4 is 4.74 Å². The van der Waals surface area contributed by atoms with E-state index in [0.29, 0.717) is 11.2 Å². The van der Waals surface area contributed by atoms with Crippen molar-refractivity contribution in [1.82, 2.24) is 0 Å². The molecule has 4 nitrogen and oxygen atoms in total. The van der Waals surface area contributed by atoms with E-state index in [-0.39, 0.29) is 23.2 Å². The molecule has 1 aromatic carbocycles. The average molecular weight is 577 g/mol. The molecule has 4 heteroatoms. The monoisotopic (exact) mass is 576 g/mol. The highest BCUT2D eigenvalue weighted by Gasteiger charge is 2.59. The fourth-order valence-corrected chi connectivity index (χ4v) is 9.93. The Morgan fingerprint density at radius 3 is 2.57 bits per heavy atom. The van der Waals surface area contributed by atoms with Gasteiger partial charge >= 0.3 is 5.97 Å². The summed E-state index contributed by atoms with van der Waals surface area (Å²) in [6.07, 6.45) is 18.3. The number of esters is 1. The maximum absolute atomic E-state index is 12.7. The van der Waals surface area contributed by atoms with E-state index in [1.165, 1.54) is 58.1 Å². The predicted octanol–water partition coefficient (Wildman–Crippen LogP) is 9.61. The average Bonchev–Trinajstić information content (AvgIpc) is 3.32. The van der Waals surface area contributed by atoms with Gasteiger partial charge in [-0.2, -0.15) is 0 Å². The number of hydrogen-bond acceptors (Lipinski definition) is 4. The summed E-state index contributed by atoms with van der Waals surface area (Å²) in [5.74, 6) is 5.94. The number of ether oxygens (including phenoxy) is 2. The highest BCUT2D eigenvalue weighted by atomic mass is 16.5. The predicted molar refractivity (Wildman–Crippen MR) is 171 cm³/mol. The van der Waals surface area contributed by atoms with E-state index in [9.17, 15) is 9.90 Å². The third-order valence-electron chi connectivity index (χ3n) is 12.9. The van der Waals surface area contributed by atoms with Crippen molar-refractivity contribution in [2.45, 2.75) is 112 Å². The molecule has 3 saturated carbocycles. The lowest BCUT2D eigenvalue weighted by molar-refractivity contribution is -0.145. The number of phenols is 1. The molecule has 232 valence electrons. The summed E-state index contributed by atoms with van der Waals surface area (Å²) >= 11 is 0. The molecule has 0 heterocycles. The number of phenolic OH excluding ortho intramolecular Hbond substituents is 1. The van der Waals surface area contributed by atoms with Crippen molar-refractivity contribution in [1.29, 1.82) is 0 Å². The van der Waals surface area contributed by atoms with Gasteiger partial charge in [-0.3, -0.25) is 0 Å². The number of carbonyl (C=O) groups excluding carboxylic acids is 1. The van der Waals surface area contributed by atoms with Crippen molar-refractivity contribution >= 4 is 12.0 Å². The van der Waals surface area contributed by atoms with Crippen LogP contribution in [0.25, 0.3) is 6.08 Å². The highest BCUT2D eigenvalue weighted by Crippen LogP contribution is 2.67. The summed E-state index contributed by atoms with van der Waals surface area (Å²) in [7, 11) is 1.52. The maximum Gasteiger partial charge on any atom is 0.331 e. The second kappa shape index (κ2) is 12.4. The Labute approximate surface area is 255 Å². The number of benzene rings is 1. The van der Waals surface area contributed by atoms with Gasteiger partial charge in [-0.05, 0) is 121 Å². The highest BCUT2D eigenvalue weighted by molar-refractivity contribution is 5.87. The van der Waals surface area contributed by atoms with Gasteiger partial charge in [0.25, 0.3) is 0 Å². The number of aromatic hydroxyl groups is 1. The Hall–Kier alpha value is -2.23. The standard InChI is InChI=1S/C38H56O4/c1-24(2)25(3)8-9-26(4)31-14-15-32-30-13-12-28-23-29(18-20-37(28,5)33(30)19-21-38(31,32)6)42-36(40)17-11-27-10-16-34(39)35(22-27)41-7/h10-12,16-17,22,24-26,29-33,39H,8-9,13-15,18-21,23H2,1-7H3/b17-11+/t25-,26+,29-,30-,31+,32-,33-,37-,38+/m0/s1. The minimum absolute atomic E-state index is 0.0498. The molecule has 4 aliphatic carbocycles. The topological polar surface area (TPSA) is 55.8 Å². The van der Waals surface area contributed by atoms with Crippen LogP contribution in [0, 0.1) is 52.3 Å². The summed E-state index contributed by atoms with van der Waals surface area (Å²) in [5, 5.41) is 9.81. The molecule has 3 fully saturated rings. The molecule has 0 saturated heterocycles. The summed E-state index contributed by atoms with van der Waals surface area (Å²) in [5.41, 5.74) is 3.09. The molecule has 1 aromatic rings. The Balaban J connectivity index is 1.21. The lowest BCUT2D eigenvalue weighted by Gasteiger charge is -2.58. The molecule has 0 aliphatic heterocycles. The van der Waals surface area contributed by atoms with Crippen LogP contribution in [0.2, 0.25) is 0 Å². The van der Waals surface area contributed by atoms with Crippen LogP contribution in [0.5, 0.6) is 11.5 Å². The molecule has 5 rings (SSSR count). The zero-order valence-corrected chi connectivity index (χ0v) is 27.3. The molecule has 1 N–H and O–H groups in total. The van der Waals surface area contributed by atoms with Crippen molar-refractivity contribution in [3.63, 3.8) is 0 Å². The van der Waals surface area contributed by atoms with Gasteiger partial charge in [-0.1, -0.05) is 72.1 Å². The van der Waals surface area contributed by atoms with Gasteiger partial charge < -0.3 is 14.6 Å². The lowest BCUT2D eigenvalue weighted by atomic mass is 9.47. The Kier molecular flexibility index (Phi) is 9.22. The number of carbonyl (C=O) groups is 1. The molecule has 42 heavy (non-hydrogen) atoms. The Bertz CT molecular complexity index is 1180. The van der Waals surface area contributed by atoms with Crippen LogP contribution in [-0.4, -0.2) is 24.3 Å². The maximum atomic E-state index is 12.7. The summed E-state index contributed by atoms with van der Waals surface area (Å²) in [6, 6.07) is 5.04. The van der Waals surface area contributed by atoms with Crippen molar-refractivity contribution in [3.05, 3.63) is 41.5 Å². The van der Waals surface area contributed by atoms with Crippen LogP contribution in [0.15, 0.2) is 35.9 Å². The van der Waals surface area contributed by atoms with Crippen molar-refractivity contribution in [3.8, 4) is 11.5 Å². The van der Waals surface area contributed by atoms with Crippen molar-refractivity contribution < 1.29 is 19.4 Å². The largest absolute Gasteiger partial charge is 0.504 e. The molecule has 0 unspecified atom stereocenters. The number of hydrogen-bond donors (Lipinski definition) is 1. The summed E-state index contributed by atoms with van der Waals surface area (Å²) in [4.78, 5) is 12.7. The van der Waals surface area contributed by atoms with E-state index in [0.717, 1.165) is 66.3 Å². The molecule has 0 radical (unpaired) electrons. The number of rotatable bonds is 9. The molecule has 9 atom stereocenters. The van der Waals surface area contributed by atoms with E-state index >= 15 is 0 Å². The van der Waals surface area contributed by atoms with Gasteiger partial charge in [-0.15, -0.1) is 0 Å². The van der Waals surface area contributed by atoms with Crippen LogP contribution in [0.1, 0.15) is 111 Å². The summed E-state index contributed by atoms with van der Waals surface area (Å²) in [6.45, 7) is 15.0. The SMILES string of the molecule is COc1cc(/C=C/C(=O)O[C@H]2CC[C@@]3(C)C(=CC[C@H]4[C@@H]5CC[C@H]([C@H](C)CC[C@H](C)C(C)C)[C@@]5(C)CC[C@@H]43)C2)ccc1O. The Morgan fingerprint density at radius 1 is 1.05 bits per heavy atom. The molecule has 0 amide bonds. The first kappa shape index (κ1) is 31.2. The minimum Gasteiger partial charge on any atom is -0.504 e. The molecule has 0 aromatic heterocycles.